The molecule has 1 atom stereocenters. The average Bonchev–Trinajstić information content (AvgIpc) is 2.66. The number of aromatic carboxylic acids is 1. The van der Waals surface area contributed by atoms with Crippen LogP contribution in [0.2, 0.25) is 0 Å². The van der Waals surface area contributed by atoms with E-state index in [0.29, 0.717) is 16.6 Å². The summed E-state index contributed by atoms with van der Waals surface area (Å²) in [5.41, 5.74) is 0.500. The number of carboxylic acid groups (broad SMARTS) is 1. The molecule has 0 bridgehead atoms. The molecule has 21 heavy (non-hydrogen) atoms. The molecule has 1 fully saturated rings. The third-order valence-electron chi connectivity index (χ3n) is 3.73. The molecule has 2 N–H and O–H groups in total. The highest BCUT2D eigenvalue weighted by molar-refractivity contribution is 7.13. The molecule has 1 aromatic rings. The van der Waals surface area contributed by atoms with Crippen molar-refractivity contribution >= 4 is 23.3 Å². The van der Waals surface area contributed by atoms with Gasteiger partial charge in [0.15, 0.2) is 0 Å². The molecular weight excluding hydrogens is 290 g/mol. The summed E-state index contributed by atoms with van der Waals surface area (Å²) in [6.07, 6.45) is 3.23. The van der Waals surface area contributed by atoms with E-state index in [1.165, 1.54) is 0 Å². The summed E-state index contributed by atoms with van der Waals surface area (Å²) in [6, 6.07) is -0.0890. The lowest BCUT2D eigenvalue weighted by atomic mass is 10.0. The molecule has 1 aromatic heterocycles. The summed E-state index contributed by atoms with van der Waals surface area (Å²) in [5, 5.41) is 12.5. The maximum atomic E-state index is 12.1. The van der Waals surface area contributed by atoms with E-state index >= 15 is 0 Å². The molecule has 0 aromatic carbocycles. The van der Waals surface area contributed by atoms with E-state index < -0.39 is 5.97 Å². The minimum atomic E-state index is -0.968. The van der Waals surface area contributed by atoms with Crippen molar-refractivity contribution in [2.24, 2.45) is 5.92 Å². The summed E-state index contributed by atoms with van der Waals surface area (Å²) >= 11 is 1.12. The number of carbonyl (C=O) groups excluding carboxylic acids is 1. The second kappa shape index (κ2) is 6.89. The third-order valence-corrected chi connectivity index (χ3v) is 4.88. The number of rotatable bonds is 3. The first kappa shape index (κ1) is 15.8. The van der Waals surface area contributed by atoms with Crippen LogP contribution in [-0.4, -0.2) is 40.1 Å². The third kappa shape index (κ3) is 4.17. The predicted molar refractivity (Wildman–Crippen MR) is 80.6 cm³/mol. The molecule has 7 heteroatoms. The van der Waals surface area contributed by atoms with Crippen molar-refractivity contribution in [3.05, 3.63) is 15.6 Å². The standard InChI is InChI=1S/C14H21N3O3S/c1-9-4-3-6-17(7-5-9)14(20)15-8-11-16-10(2)12(21-11)13(18)19/h9H,3-8H2,1-2H3,(H,15,20)(H,18,19). The van der Waals surface area contributed by atoms with Crippen LogP contribution in [-0.2, 0) is 6.54 Å². The highest BCUT2D eigenvalue weighted by Crippen LogP contribution is 2.19. The van der Waals surface area contributed by atoms with Crippen LogP contribution in [0.15, 0.2) is 0 Å². The Labute approximate surface area is 128 Å². The highest BCUT2D eigenvalue weighted by Gasteiger charge is 2.19. The zero-order chi connectivity index (χ0) is 15.4. The number of urea groups is 1. The summed E-state index contributed by atoms with van der Waals surface area (Å²) in [6.45, 7) is 5.73. The largest absolute Gasteiger partial charge is 0.477 e. The van der Waals surface area contributed by atoms with Gasteiger partial charge in [0, 0.05) is 13.1 Å². The Bertz CT molecular complexity index is 530. The Morgan fingerprint density at radius 1 is 1.43 bits per heavy atom. The van der Waals surface area contributed by atoms with Gasteiger partial charge in [-0.2, -0.15) is 0 Å². The molecule has 0 saturated carbocycles. The van der Waals surface area contributed by atoms with E-state index in [2.05, 4.69) is 17.2 Å². The van der Waals surface area contributed by atoms with Gasteiger partial charge in [-0.25, -0.2) is 14.6 Å². The number of aromatic nitrogens is 1. The molecular formula is C14H21N3O3S. The van der Waals surface area contributed by atoms with Crippen LogP contribution in [0.4, 0.5) is 4.79 Å². The van der Waals surface area contributed by atoms with E-state index in [9.17, 15) is 9.59 Å². The predicted octanol–water partition coefficient (Wildman–Crippen LogP) is 2.48. The molecule has 0 spiro atoms. The highest BCUT2D eigenvalue weighted by atomic mass is 32.1. The maximum Gasteiger partial charge on any atom is 0.347 e. The van der Waals surface area contributed by atoms with Gasteiger partial charge in [0.25, 0.3) is 0 Å². The molecule has 1 saturated heterocycles. The van der Waals surface area contributed by atoms with Gasteiger partial charge in [0.05, 0.1) is 12.2 Å². The van der Waals surface area contributed by atoms with Crippen LogP contribution in [0, 0.1) is 12.8 Å². The van der Waals surface area contributed by atoms with E-state index in [4.69, 9.17) is 5.11 Å². The van der Waals surface area contributed by atoms with Gasteiger partial charge >= 0.3 is 12.0 Å². The van der Waals surface area contributed by atoms with Crippen molar-refractivity contribution in [3.8, 4) is 0 Å². The summed E-state index contributed by atoms with van der Waals surface area (Å²) in [7, 11) is 0. The molecule has 2 rings (SSSR count). The smallest absolute Gasteiger partial charge is 0.347 e. The Hall–Kier alpha value is -1.63. The normalized spacial score (nSPS) is 19.1. The minimum Gasteiger partial charge on any atom is -0.477 e. The van der Waals surface area contributed by atoms with Gasteiger partial charge in [-0.3, -0.25) is 0 Å². The SMILES string of the molecule is Cc1nc(CNC(=O)N2CCCC(C)CC2)sc1C(=O)O. The second-order valence-corrected chi connectivity index (χ2v) is 6.59. The first-order valence-corrected chi connectivity index (χ1v) is 8.01. The lowest BCUT2D eigenvalue weighted by Gasteiger charge is -2.20. The zero-order valence-corrected chi connectivity index (χ0v) is 13.2. The first-order valence-electron chi connectivity index (χ1n) is 7.19. The number of hydrogen-bond acceptors (Lipinski definition) is 4. The summed E-state index contributed by atoms with van der Waals surface area (Å²) in [5.74, 6) is -0.299. The van der Waals surface area contributed by atoms with Gasteiger partial charge in [-0.1, -0.05) is 6.92 Å². The summed E-state index contributed by atoms with van der Waals surface area (Å²) in [4.78, 5) is 29.4. The minimum absolute atomic E-state index is 0.0890. The lowest BCUT2D eigenvalue weighted by molar-refractivity contribution is 0.0701. The number of thiazole rings is 1. The Morgan fingerprint density at radius 3 is 2.86 bits per heavy atom. The van der Waals surface area contributed by atoms with Crippen molar-refractivity contribution in [1.29, 1.82) is 0 Å². The second-order valence-electron chi connectivity index (χ2n) is 5.51. The molecule has 0 radical (unpaired) electrons. The number of likely N-dealkylation sites (tertiary alicyclic amines) is 1. The van der Waals surface area contributed by atoms with E-state index in [1.54, 1.807) is 6.92 Å². The zero-order valence-electron chi connectivity index (χ0n) is 12.4. The van der Waals surface area contributed by atoms with Crippen molar-refractivity contribution < 1.29 is 14.7 Å². The molecule has 1 aliphatic heterocycles. The fourth-order valence-corrected chi connectivity index (χ4v) is 3.30. The van der Waals surface area contributed by atoms with Crippen LogP contribution < -0.4 is 5.32 Å². The van der Waals surface area contributed by atoms with E-state index in [-0.39, 0.29) is 17.5 Å². The number of carbonyl (C=O) groups is 2. The van der Waals surface area contributed by atoms with E-state index in [0.717, 1.165) is 43.7 Å². The topological polar surface area (TPSA) is 82.5 Å². The van der Waals surface area contributed by atoms with Crippen LogP contribution in [0.1, 0.15) is 46.6 Å². The van der Waals surface area contributed by atoms with Crippen molar-refractivity contribution in [3.63, 3.8) is 0 Å². The molecule has 6 nitrogen and oxygen atoms in total. The van der Waals surface area contributed by atoms with Crippen molar-refractivity contribution in [1.82, 2.24) is 15.2 Å². The van der Waals surface area contributed by atoms with Gasteiger partial charge in [0.1, 0.15) is 9.88 Å². The molecule has 2 amide bonds. The Balaban J connectivity index is 1.88. The van der Waals surface area contributed by atoms with E-state index in [1.807, 2.05) is 4.90 Å². The molecule has 0 aliphatic carbocycles. The number of nitrogens with zero attached hydrogens (tertiary/aromatic N) is 2. The van der Waals surface area contributed by atoms with Gasteiger partial charge in [-0.15, -0.1) is 11.3 Å². The first-order chi connectivity index (χ1) is 9.97. The van der Waals surface area contributed by atoms with Crippen LogP contribution >= 0.6 is 11.3 Å². The van der Waals surface area contributed by atoms with Crippen LogP contribution in [0.25, 0.3) is 0 Å². The van der Waals surface area contributed by atoms with Gasteiger partial charge in [0.2, 0.25) is 0 Å². The average molecular weight is 311 g/mol. The fourth-order valence-electron chi connectivity index (χ4n) is 2.46. The van der Waals surface area contributed by atoms with Crippen molar-refractivity contribution in [2.75, 3.05) is 13.1 Å². The number of carboxylic acids is 1. The quantitative estimate of drug-likeness (QED) is 0.898. The lowest BCUT2D eigenvalue weighted by Crippen LogP contribution is -2.40. The molecule has 2 heterocycles. The molecule has 1 unspecified atom stereocenters. The molecule has 116 valence electrons. The number of amides is 2. The Kier molecular flexibility index (Phi) is 5.17. The molecule has 1 aliphatic rings. The maximum absolute atomic E-state index is 12.1. The summed E-state index contributed by atoms with van der Waals surface area (Å²) < 4.78 is 0. The monoisotopic (exact) mass is 311 g/mol. The van der Waals surface area contributed by atoms with Gasteiger partial charge in [-0.05, 0) is 32.1 Å². The number of hydrogen-bond donors (Lipinski definition) is 2. The fraction of sp³-hybridized carbons (Fsp3) is 0.643. The van der Waals surface area contributed by atoms with Crippen LogP contribution in [0.3, 0.4) is 0 Å². The van der Waals surface area contributed by atoms with Crippen LogP contribution in [0.5, 0.6) is 0 Å². The number of nitrogens with one attached hydrogen (secondary N) is 1. The van der Waals surface area contributed by atoms with Gasteiger partial charge < -0.3 is 15.3 Å². The van der Waals surface area contributed by atoms with Crippen molar-refractivity contribution in [2.45, 2.75) is 39.7 Å². The Morgan fingerprint density at radius 2 is 2.19 bits per heavy atom. The number of aryl methyl sites for hydroxylation is 1.